The van der Waals surface area contributed by atoms with Gasteiger partial charge in [-0.25, -0.2) is 0 Å². The Morgan fingerprint density at radius 3 is 2.59 bits per heavy atom. The van der Waals surface area contributed by atoms with Crippen LogP contribution in [0, 0.1) is 0 Å². The first-order chi connectivity index (χ1) is 13.1. The molecule has 0 bridgehead atoms. The van der Waals surface area contributed by atoms with Gasteiger partial charge < -0.3 is 15.0 Å². The molecule has 0 unspecified atom stereocenters. The smallest absolute Gasteiger partial charge is 0.269 e. The van der Waals surface area contributed by atoms with Crippen LogP contribution < -0.4 is 20.9 Å². The van der Waals surface area contributed by atoms with Crippen LogP contribution in [0.2, 0.25) is 0 Å². The van der Waals surface area contributed by atoms with Gasteiger partial charge in [0.25, 0.3) is 11.8 Å². The average Bonchev–Trinajstić information content (AvgIpc) is 2.85. The van der Waals surface area contributed by atoms with E-state index in [2.05, 4.69) is 16.2 Å². The average molecular weight is 368 g/mol. The Balaban J connectivity index is 1.55. The van der Waals surface area contributed by atoms with Crippen LogP contribution >= 0.6 is 0 Å². The Hall–Kier alpha value is -3.55. The fourth-order valence-corrected chi connectivity index (χ4v) is 2.71. The van der Waals surface area contributed by atoms with Gasteiger partial charge in [-0.1, -0.05) is 18.2 Å². The Kier molecular flexibility index (Phi) is 5.55. The summed E-state index contributed by atoms with van der Waals surface area (Å²) >= 11 is 0. The highest BCUT2D eigenvalue weighted by atomic mass is 16.5. The molecule has 8 nitrogen and oxygen atoms in total. The minimum atomic E-state index is -0.482. The molecule has 0 aromatic heterocycles. The van der Waals surface area contributed by atoms with E-state index in [1.807, 2.05) is 24.3 Å². The lowest BCUT2D eigenvalue weighted by Crippen LogP contribution is -2.47. The number of nitrogens with one attached hydrogen (secondary N) is 3. The molecule has 0 radical (unpaired) electrons. The molecule has 0 aliphatic carbocycles. The highest BCUT2D eigenvalue weighted by Crippen LogP contribution is 2.19. The first kappa shape index (κ1) is 18.2. The molecule has 3 N–H and O–H groups in total. The number of hydrogen-bond acceptors (Lipinski definition) is 5. The normalized spacial score (nSPS) is 13.1. The third-order valence-electron chi connectivity index (χ3n) is 4.16. The molecule has 140 valence electrons. The van der Waals surface area contributed by atoms with Crippen molar-refractivity contribution in [2.75, 3.05) is 25.5 Å². The highest BCUT2D eigenvalue weighted by molar-refractivity contribution is 5.96. The van der Waals surface area contributed by atoms with Gasteiger partial charge in [0.2, 0.25) is 5.91 Å². The summed E-state index contributed by atoms with van der Waals surface area (Å²) in [6.07, 6.45) is 0. The Bertz CT molecular complexity index is 851. The summed E-state index contributed by atoms with van der Waals surface area (Å²) in [5.41, 5.74) is 6.86. The first-order valence-electron chi connectivity index (χ1n) is 8.39. The molecule has 0 fully saturated rings. The van der Waals surface area contributed by atoms with Crippen molar-refractivity contribution < 1.29 is 19.1 Å². The van der Waals surface area contributed by atoms with E-state index in [-0.39, 0.29) is 19.0 Å². The van der Waals surface area contributed by atoms with Crippen LogP contribution in [0.15, 0.2) is 48.5 Å². The number of fused-ring (bicyclic) bond motifs is 1. The third-order valence-corrected chi connectivity index (χ3v) is 4.16. The molecule has 0 atom stereocenters. The number of benzene rings is 2. The van der Waals surface area contributed by atoms with Crippen molar-refractivity contribution in [3.05, 3.63) is 59.7 Å². The van der Waals surface area contributed by atoms with E-state index in [1.54, 1.807) is 24.3 Å². The second kappa shape index (κ2) is 8.22. The van der Waals surface area contributed by atoms with Gasteiger partial charge in [0.15, 0.2) is 0 Å². The summed E-state index contributed by atoms with van der Waals surface area (Å²) in [6.45, 7) is 0.280. The molecule has 8 heteroatoms. The highest BCUT2D eigenvalue weighted by Gasteiger charge is 2.22. The van der Waals surface area contributed by atoms with Crippen LogP contribution in [0.4, 0.5) is 5.69 Å². The molecule has 3 amide bonds. The van der Waals surface area contributed by atoms with Crippen LogP contribution in [-0.2, 0) is 16.1 Å². The quantitative estimate of drug-likeness (QED) is 0.697. The Labute approximate surface area is 156 Å². The number of hydrazine groups is 1. The lowest BCUT2D eigenvalue weighted by molar-refractivity contribution is -0.135. The van der Waals surface area contributed by atoms with E-state index in [0.717, 1.165) is 11.3 Å². The number of para-hydroxylation sites is 1. The van der Waals surface area contributed by atoms with Gasteiger partial charge >= 0.3 is 0 Å². The topological polar surface area (TPSA) is 99.8 Å². The molecule has 0 spiro atoms. The fourth-order valence-electron chi connectivity index (χ4n) is 2.71. The summed E-state index contributed by atoms with van der Waals surface area (Å²) in [7, 11) is 1.54. The molecule has 27 heavy (non-hydrogen) atoms. The molecule has 2 aromatic carbocycles. The van der Waals surface area contributed by atoms with Gasteiger partial charge in [0.1, 0.15) is 12.3 Å². The monoisotopic (exact) mass is 368 g/mol. The molecular formula is C19H20N4O4. The van der Waals surface area contributed by atoms with E-state index < -0.39 is 11.8 Å². The maximum atomic E-state index is 12.2. The van der Waals surface area contributed by atoms with E-state index in [9.17, 15) is 14.4 Å². The van der Waals surface area contributed by atoms with Crippen molar-refractivity contribution in [3.8, 4) is 5.75 Å². The number of carbonyl (C=O) groups excluding carboxylic acids is 3. The summed E-state index contributed by atoms with van der Waals surface area (Å²) in [6, 6.07) is 14.0. The van der Waals surface area contributed by atoms with Gasteiger partial charge in [0.05, 0.1) is 13.7 Å². The number of anilines is 1. The predicted octanol–water partition coefficient (Wildman–Crippen LogP) is 0.910. The largest absolute Gasteiger partial charge is 0.497 e. The number of nitrogens with zero attached hydrogens (tertiary/aromatic N) is 1. The lowest BCUT2D eigenvalue weighted by Gasteiger charge is -2.20. The maximum absolute atomic E-state index is 12.2. The zero-order valence-electron chi connectivity index (χ0n) is 14.8. The molecule has 3 rings (SSSR count). The zero-order valence-corrected chi connectivity index (χ0v) is 14.8. The lowest BCUT2D eigenvalue weighted by atomic mass is 10.2. The van der Waals surface area contributed by atoms with Crippen molar-refractivity contribution >= 4 is 23.4 Å². The van der Waals surface area contributed by atoms with Crippen molar-refractivity contribution in [3.63, 3.8) is 0 Å². The van der Waals surface area contributed by atoms with E-state index in [0.29, 0.717) is 17.9 Å². The van der Waals surface area contributed by atoms with Crippen LogP contribution in [0.3, 0.4) is 0 Å². The summed E-state index contributed by atoms with van der Waals surface area (Å²) in [5.74, 6) is -0.503. The summed E-state index contributed by atoms with van der Waals surface area (Å²) < 4.78 is 5.03. The van der Waals surface area contributed by atoms with Gasteiger partial charge in [-0.2, -0.15) is 0 Å². The molecular weight excluding hydrogens is 348 g/mol. The number of carbonyl (C=O) groups is 3. The molecule has 1 aliphatic rings. The van der Waals surface area contributed by atoms with Gasteiger partial charge in [-0.3, -0.25) is 25.2 Å². The number of rotatable bonds is 4. The second-order valence-corrected chi connectivity index (χ2v) is 5.99. The fraction of sp³-hybridized carbons (Fsp3) is 0.211. The molecule has 0 saturated carbocycles. The van der Waals surface area contributed by atoms with Crippen LogP contribution in [0.25, 0.3) is 0 Å². The predicted molar refractivity (Wildman–Crippen MR) is 99.0 cm³/mol. The molecule has 1 aliphatic heterocycles. The van der Waals surface area contributed by atoms with Crippen molar-refractivity contribution in [1.29, 1.82) is 0 Å². The van der Waals surface area contributed by atoms with Crippen LogP contribution in [0.5, 0.6) is 5.75 Å². The van der Waals surface area contributed by atoms with E-state index in [4.69, 9.17) is 4.74 Å². The molecule has 1 heterocycles. The SMILES string of the molecule is COc1ccc(C(=O)NNC(=O)CN2Cc3ccccc3NCC2=O)cc1. The van der Waals surface area contributed by atoms with Gasteiger partial charge in [-0.05, 0) is 35.9 Å². The van der Waals surface area contributed by atoms with E-state index >= 15 is 0 Å². The first-order valence-corrected chi connectivity index (χ1v) is 8.39. The maximum Gasteiger partial charge on any atom is 0.269 e. The molecule has 2 aromatic rings. The minimum absolute atomic E-state index is 0.114. The van der Waals surface area contributed by atoms with Crippen molar-refractivity contribution in [2.45, 2.75) is 6.54 Å². The summed E-state index contributed by atoms with van der Waals surface area (Å²) in [4.78, 5) is 37.9. The van der Waals surface area contributed by atoms with Gasteiger partial charge in [-0.15, -0.1) is 0 Å². The molecule has 0 saturated heterocycles. The number of hydrogen-bond donors (Lipinski definition) is 3. The van der Waals surface area contributed by atoms with E-state index in [1.165, 1.54) is 12.0 Å². The number of ether oxygens (including phenoxy) is 1. The number of methoxy groups -OCH3 is 1. The Morgan fingerprint density at radius 1 is 1.11 bits per heavy atom. The van der Waals surface area contributed by atoms with Crippen molar-refractivity contribution in [1.82, 2.24) is 15.8 Å². The van der Waals surface area contributed by atoms with Crippen molar-refractivity contribution in [2.24, 2.45) is 0 Å². The minimum Gasteiger partial charge on any atom is -0.497 e. The zero-order chi connectivity index (χ0) is 19.2. The second-order valence-electron chi connectivity index (χ2n) is 5.99. The third kappa shape index (κ3) is 4.55. The summed E-state index contributed by atoms with van der Waals surface area (Å²) in [5, 5.41) is 3.06. The standard InChI is InChI=1S/C19H20N4O4/c1-27-15-8-6-13(7-9-15)19(26)22-21-17(24)12-23-11-14-4-2-3-5-16(14)20-10-18(23)25/h2-9,20H,10-12H2,1H3,(H,21,24)(H,22,26). The number of amides is 3. The Morgan fingerprint density at radius 2 is 1.85 bits per heavy atom. The van der Waals surface area contributed by atoms with Gasteiger partial charge in [0, 0.05) is 17.8 Å². The van der Waals surface area contributed by atoms with Crippen LogP contribution in [-0.4, -0.2) is 42.8 Å². The van der Waals surface area contributed by atoms with Crippen LogP contribution in [0.1, 0.15) is 15.9 Å².